The Labute approximate surface area is 156 Å². The van der Waals surface area contributed by atoms with Gasteiger partial charge in [-0.25, -0.2) is 0 Å². The number of benzene rings is 2. The van der Waals surface area contributed by atoms with E-state index in [9.17, 15) is 4.79 Å². The van der Waals surface area contributed by atoms with Gasteiger partial charge >= 0.3 is 0 Å². The molecule has 0 radical (unpaired) electrons. The molecule has 0 aromatic heterocycles. The molecule has 0 unspecified atom stereocenters. The van der Waals surface area contributed by atoms with E-state index in [0.717, 1.165) is 12.0 Å². The predicted molar refractivity (Wildman–Crippen MR) is 105 cm³/mol. The van der Waals surface area contributed by atoms with Gasteiger partial charge in [0.15, 0.2) is 0 Å². The smallest absolute Gasteiger partial charge is 0.269 e. The SMILES string of the molecule is CCCNC(=O)/C(N)=C(\N)c1cccc(-c2cc(Cl)cc(Cl)c2)c1N. The average molecular weight is 379 g/mol. The van der Waals surface area contributed by atoms with Crippen LogP contribution in [0.5, 0.6) is 0 Å². The molecule has 2 aromatic rings. The fourth-order valence-corrected chi connectivity index (χ4v) is 2.89. The molecule has 0 aliphatic heterocycles. The van der Waals surface area contributed by atoms with Gasteiger partial charge < -0.3 is 22.5 Å². The third kappa shape index (κ3) is 4.38. The van der Waals surface area contributed by atoms with Crippen LogP contribution >= 0.6 is 23.2 Å². The van der Waals surface area contributed by atoms with Gasteiger partial charge in [-0.05, 0) is 30.2 Å². The minimum absolute atomic E-state index is 0.0681. The lowest BCUT2D eigenvalue weighted by molar-refractivity contribution is -0.117. The second-order valence-electron chi connectivity index (χ2n) is 5.51. The number of amides is 1. The molecule has 0 aliphatic carbocycles. The summed E-state index contributed by atoms with van der Waals surface area (Å²) >= 11 is 12.1. The molecule has 7 heteroatoms. The van der Waals surface area contributed by atoms with Gasteiger partial charge in [0.05, 0.1) is 5.70 Å². The van der Waals surface area contributed by atoms with Crippen molar-refractivity contribution in [3.05, 3.63) is 57.7 Å². The summed E-state index contributed by atoms with van der Waals surface area (Å²) in [4.78, 5) is 12.0. The third-order valence-electron chi connectivity index (χ3n) is 3.64. The van der Waals surface area contributed by atoms with Crippen LogP contribution in [0.15, 0.2) is 42.1 Å². The summed E-state index contributed by atoms with van der Waals surface area (Å²) in [5, 5.41) is 3.68. The van der Waals surface area contributed by atoms with E-state index in [1.54, 1.807) is 30.3 Å². The molecular formula is C18H20Cl2N4O. The molecule has 0 saturated heterocycles. The molecule has 0 spiro atoms. The van der Waals surface area contributed by atoms with Gasteiger partial charge in [0.2, 0.25) is 0 Å². The highest BCUT2D eigenvalue weighted by Gasteiger charge is 2.15. The van der Waals surface area contributed by atoms with Crippen LogP contribution in [-0.4, -0.2) is 12.5 Å². The van der Waals surface area contributed by atoms with Crippen molar-refractivity contribution < 1.29 is 4.79 Å². The molecule has 25 heavy (non-hydrogen) atoms. The van der Waals surface area contributed by atoms with Gasteiger partial charge in [0.1, 0.15) is 5.70 Å². The number of nitrogens with two attached hydrogens (primary N) is 3. The predicted octanol–water partition coefficient (Wildman–Crippen LogP) is 3.35. The Balaban J connectivity index is 2.49. The largest absolute Gasteiger partial charge is 0.398 e. The van der Waals surface area contributed by atoms with Gasteiger partial charge in [0.25, 0.3) is 5.91 Å². The Kier molecular flexibility index (Phi) is 6.17. The monoisotopic (exact) mass is 378 g/mol. The van der Waals surface area contributed by atoms with E-state index in [1.165, 1.54) is 0 Å². The Morgan fingerprint density at radius 2 is 1.76 bits per heavy atom. The summed E-state index contributed by atoms with van der Waals surface area (Å²) in [5.41, 5.74) is 20.6. The normalized spacial score (nSPS) is 11.8. The van der Waals surface area contributed by atoms with Crippen molar-refractivity contribution in [2.75, 3.05) is 12.3 Å². The molecule has 0 bridgehead atoms. The van der Waals surface area contributed by atoms with Crippen LogP contribution in [0.4, 0.5) is 5.69 Å². The van der Waals surface area contributed by atoms with E-state index in [4.69, 9.17) is 40.4 Å². The van der Waals surface area contributed by atoms with Crippen LogP contribution in [0.3, 0.4) is 0 Å². The van der Waals surface area contributed by atoms with Crippen molar-refractivity contribution >= 4 is 40.5 Å². The number of carbonyl (C=O) groups excluding carboxylic acids is 1. The number of nitrogens with one attached hydrogen (secondary N) is 1. The van der Waals surface area contributed by atoms with Gasteiger partial charge in [-0.1, -0.05) is 48.3 Å². The highest BCUT2D eigenvalue weighted by Crippen LogP contribution is 2.34. The molecule has 0 saturated carbocycles. The zero-order chi connectivity index (χ0) is 18.6. The minimum Gasteiger partial charge on any atom is -0.398 e. The van der Waals surface area contributed by atoms with Crippen molar-refractivity contribution in [3.63, 3.8) is 0 Å². The Bertz CT molecular complexity index is 814. The second kappa shape index (κ2) is 8.14. The van der Waals surface area contributed by atoms with E-state index in [1.807, 2.05) is 13.0 Å². The van der Waals surface area contributed by atoms with Crippen LogP contribution in [0.25, 0.3) is 16.8 Å². The van der Waals surface area contributed by atoms with Gasteiger partial charge in [-0.3, -0.25) is 4.79 Å². The van der Waals surface area contributed by atoms with E-state index >= 15 is 0 Å². The molecular weight excluding hydrogens is 359 g/mol. The Hall–Kier alpha value is -2.37. The van der Waals surface area contributed by atoms with Crippen molar-refractivity contribution in [2.45, 2.75) is 13.3 Å². The average Bonchev–Trinajstić information content (AvgIpc) is 2.57. The van der Waals surface area contributed by atoms with E-state index in [0.29, 0.717) is 33.4 Å². The molecule has 1 amide bonds. The number of nitrogen functional groups attached to an aromatic ring is 1. The first kappa shape index (κ1) is 19.0. The Morgan fingerprint density at radius 3 is 2.36 bits per heavy atom. The summed E-state index contributed by atoms with van der Waals surface area (Å²) in [6, 6.07) is 10.4. The number of anilines is 1. The van der Waals surface area contributed by atoms with Gasteiger partial charge in [0, 0.05) is 33.4 Å². The van der Waals surface area contributed by atoms with Crippen LogP contribution in [-0.2, 0) is 4.79 Å². The number of rotatable bonds is 5. The zero-order valence-electron chi connectivity index (χ0n) is 13.8. The first-order valence-corrected chi connectivity index (χ1v) is 8.49. The fraction of sp³-hybridized carbons (Fsp3) is 0.167. The van der Waals surface area contributed by atoms with E-state index in [2.05, 4.69) is 5.32 Å². The molecule has 0 fully saturated rings. The molecule has 7 N–H and O–H groups in total. The summed E-state index contributed by atoms with van der Waals surface area (Å²) < 4.78 is 0. The van der Waals surface area contributed by atoms with Crippen LogP contribution in [0.2, 0.25) is 10.0 Å². The molecule has 0 aliphatic rings. The first-order valence-electron chi connectivity index (χ1n) is 7.73. The van der Waals surface area contributed by atoms with E-state index < -0.39 is 5.91 Å². The standard InChI is InChI=1S/C18H20Cl2N4O/c1-2-6-24-18(25)17(23)16(22)14-5-3-4-13(15(14)21)10-7-11(19)9-12(20)8-10/h3-5,7-9H,2,6,21-23H2,1H3,(H,24,25)/b17-16+. The zero-order valence-corrected chi connectivity index (χ0v) is 15.3. The molecule has 132 valence electrons. The number of carbonyl (C=O) groups is 1. The minimum atomic E-state index is -0.421. The lowest BCUT2D eigenvalue weighted by Crippen LogP contribution is -2.31. The quantitative estimate of drug-likeness (QED) is 0.472. The molecule has 0 heterocycles. The number of para-hydroxylation sites is 1. The van der Waals surface area contributed by atoms with Crippen molar-refractivity contribution in [1.29, 1.82) is 0 Å². The maximum Gasteiger partial charge on any atom is 0.269 e. The number of hydrogen-bond donors (Lipinski definition) is 4. The van der Waals surface area contributed by atoms with Crippen LogP contribution in [0, 0.1) is 0 Å². The maximum atomic E-state index is 12.0. The number of hydrogen-bond acceptors (Lipinski definition) is 4. The van der Waals surface area contributed by atoms with E-state index in [-0.39, 0.29) is 11.4 Å². The van der Waals surface area contributed by atoms with Crippen molar-refractivity contribution in [1.82, 2.24) is 5.32 Å². The van der Waals surface area contributed by atoms with Gasteiger partial charge in [-0.2, -0.15) is 0 Å². The summed E-state index contributed by atoms with van der Waals surface area (Å²) in [6.45, 7) is 2.46. The lowest BCUT2D eigenvalue weighted by Gasteiger charge is -2.14. The second-order valence-corrected chi connectivity index (χ2v) is 6.38. The topological polar surface area (TPSA) is 107 Å². The number of halogens is 2. The van der Waals surface area contributed by atoms with Crippen LogP contribution in [0.1, 0.15) is 18.9 Å². The third-order valence-corrected chi connectivity index (χ3v) is 4.08. The molecule has 2 aromatic carbocycles. The molecule has 5 nitrogen and oxygen atoms in total. The molecule has 2 rings (SSSR count). The maximum absolute atomic E-state index is 12.0. The molecule has 0 atom stereocenters. The van der Waals surface area contributed by atoms with Crippen LogP contribution < -0.4 is 22.5 Å². The highest BCUT2D eigenvalue weighted by atomic mass is 35.5. The van der Waals surface area contributed by atoms with Gasteiger partial charge in [-0.15, -0.1) is 0 Å². The fourth-order valence-electron chi connectivity index (χ4n) is 2.36. The highest BCUT2D eigenvalue weighted by molar-refractivity contribution is 6.35. The summed E-state index contributed by atoms with van der Waals surface area (Å²) in [7, 11) is 0. The lowest BCUT2D eigenvalue weighted by atomic mass is 9.98. The van der Waals surface area contributed by atoms with Crippen molar-refractivity contribution in [2.24, 2.45) is 11.5 Å². The first-order chi connectivity index (χ1) is 11.8. The Morgan fingerprint density at radius 1 is 1.12 bits per heavy atom. The summed E-state index contributed by atoms with van der Waals surface area (Å²) in [6.07, 6.45) is 0.798. The van der Waals surface area contributed by atoms with Crippen molar-refractivity contribution in [3.8, 4) is 11.1 Å². The summed E-state index contributed by atoms with van der Waals surface area (Å²) in [5.74, 6) is -0.421.